The van der Waals surface area contributed by atoms with Gasteiger partial charge in [0.05, 0.1) is 0 Å². The van der Waals surface area contributed by atoms with E-state index in [1.807, 2.05) is 4.90 Å². The molecule has 0 aromatic carbocycles. The number of carbonyl (C=O) groups is 2. The van der Waals surface area contributed by atoms with E-state index >= 15 is 0 Å². The van der Waals surface area contributed by atoms with Crippen LogP contribution in [0.2, 0.25) is 0 Å². The summed E-state index contributed by atoms with van der Waals surface area (Å²) in [6, 6.07) is 1.32. The maximum Gasteiger partial charge on any atom is 0.243 e. The summed E-state index contributed by atoms with van der Waals surface area (Å²) in [5.41, 5.74) is 6.02. The summed E-state index contributed by atoms with van der Waals surface area (Å²) in [6.45, 7) is 3.52. The first-order chi connectivity index (χ1) is 14.5. The zero-order valence-corrected chi connectivity index (χ0v) is 18.9. The molecule has 1 saturated heterocycles. The van der Waals surface area contributed by atoms with Crippen LogP contribution in [0.5, 0.6) is 0 Å². The molecule has 3 saturated carbocycles. The van der Waals surface area contributed by atoms with Crippen molar-refractivity contribution >= 4 is 11.8 Å². The quantitative estimate of drug-likeness (QED) is 0.695. The van der Waals surface area contributed by atoms with Crippen molar-refractivity contribution in [2.24, 2.45) is 11.7 Å². The average molecular weight is 419 g/mol. The van der Waals surface area contributed by atoms with Gasteiger partial charge in [0.25, 0.3) is 0 Å². The molecule has 2 amide bonds. The van der Waals surface area contributed by atoms with Crippen molar-refractivity contribution in [3.63, 3.8) is 0 Å². The van der Waals surface area contributed by atoms with E-state index in [1.54, 1.807) is 6.92 Å². The number of carbonyl (C=O) groups excluding carboxylic acids is 2. The van der Waals surface area contributed by atoms with E-state index in [-0.39, 0.29) is 29.9 Å². The van der Waals surface area contributed by atoms with Crippen LogP contribution in [0.25, 0.3) is 0 Å². The molecule has 3 aliphatic carbocycles. The Kier molecular flexibility index (Phi) is 7.35. The molecule has 0 bridgehead atoms. The van der Waals surface area contributed by atoms with E-state index in [0.29, 0.717) is 18.6 Å². The second kappa shape index (κ2) is 9.99. The first-order valence-electron chi connectivity index (χ1n) is 12.6. The number of nitrogens with two attached hydrogens (primary N) is 1. The average Bonchev–Trinajstić information content (AvgIpc) is 3.59. The Bertz CT molecular complexity index is 594. The molecule has 4 aliphatic rings. The number of hydrogen-bond donors (Lipinski definition) is 2. The SMILES string of the molecule is CC(=O)N1CCC(N(CC2CCCCC2)C2CC2)C[C@@H]1C(=O)NC1CCC(N)CC1. The van der Waals surface area contributed by atoms with Gasteiger partial charge in [0.2, 0.25) is 11.8 Å². The van der Waals surface area contributed by atoms with Gasteiger partial charge in [-0.15, -0.1) is 0 Å². The molecule has 4 rings (SSSR count). The minimum absolute atomic E-state index is 0.0320. The van der Waals surface area contributed by atoms with Gasteiger partial charge in [-0.05, 0) is 70.1 Å². The summed E-state index contributed by atoms with van der Waals surface area (Å²) in [5.74, 6) is 0.914. The summed E-state index contributed by atoms with van der Waals surface area (Å²) in [4.78, 5) is 30.1. The van der Waals surface area contributed by atoms with Gasteiger partial charge < -0.3 is 16.0 Å². The monoisotopic (exact) mass is 418 g/mol. The van der Waals surface area contributed by atoms with E-state index in [1.165, 1.54) is 51.5 Å². The molecule has 170 valence electrons. The lowest BCUT2D eigenvalue weighted by atomic mass is 9.87. The number of nitrogens with one attached hydrogen (secondary N) is 1. The first kappa shape index (κ1) is 22.1. The number of likely N-dealkylation sites (tertiary alicyclic amines) is 1. The summed E-state index contributed by atoms with van der Waals surface area (Å²) in [5, 5.41) is 3.27. The van der Waals surface area contributed by atoms with Crippen LogP contribution in [0.4, 0.5) is 0 Å². The summed E-state index contributed by atoms with van der Waals surface area (Å²) in [7, 11) is 0. The highest BCUT2D eigenvalue weighted by molar-refractivity contribution is 5.87. The summed E-state index contributed by atoms with van der Waals surface area (Å²) in [6.07, 6.45) is 15.2. The predicted octanol–water partition coefficient (Wildman–Crippen LogP) is 2.80. The van der Waals surface area contributed by atoms with E-state index < -0.39 is 0 Å². The number of hydrogen-bond acceptors (Lipinski definition) is 4. The van der Waals surface area contributed by atoms with Gasteiger partial charge >= 0.3 is 0 Å². The van der Waals surface area contributed by atoms with Crippen molar-refractivity contribution in [2.75, 3.05) is 13.1 Å². The number of nitrogens with zero attached hydrogens (tertiary/aromatic N) is 2. The van der Waals surface area contributed by atoms with Crippen LogP contribution < -0.4 is 11.1 Å². The van der Waals surface area contributed by atoms with Crippen LogP contribution in [0.1, 0.15) is 90.4 Å². The second-order valence-corrected chi connectivity index (χ2v) is 10.5. The molecule has 6 heteroatoms. The zero-order chi connectivity index (χ0) is 21.1. The Hall–Kier alpha value is -1.14. The van der Waals surface area contributed by atoms with E-state index in [2.05, 4.69) is 10.2 Å². The third kappa shape index (κ3) is 5.56. The lowest BCUT2D eigenvalue weighted by Gasteiger charge is -2.44. The maximum atomic E-state index is 13.3. The van der Waals surface area contributed by atoms with E-state index in [4.69, 9.17) is 5.73 Å². The molecule has 0 aromatic heterocycles. The van der Waals surface area contributed by atoms with Crippen molar-refractivity contribution in [3.05, 3.63) is 0 Å². The molecule has 1 heterocycles. The van der Waals surface area contributed by atoms with Crippen molar-refractivity contribution in [3.8, 4) is 0 Å². The topological polar surface area (TPSA) is 78.7 Å². The van der Waals surface area contributed by atoms with Crippen LogP contribution in [0.15, 0.2) is 0 Å². The van der Waals surface area contributed by atoms with E-state index in [9.17, 15) is 9.59 Å². The minimum Gasteiger partial charge on any atom is -0.352 e. The molecule has 1 aliphatic heterocycles. The van der Waals surface area contributed by atoms with Crippen LogP contribution in [-0.2, 0) is 9.59 Å². The molecular formula is C24H42N4O2. The first-order valence-corrected chi connectivity index (χ1v) is 12.6. The van der Waals surface area contributed by atoms with Gasteiger partial charge in [-0.3, -0.25) is 14.5 Å². The van der Waals surface area contributed by atoms with Crippen molar-refractivity contribution in [2.45, 2.75) is 121 Å². The van der Waals surface area contributed by atoms with Gasteiger partial charge in [0.1, 0.15) is 6.04 Å². The molecule has 0 aromatic rings. The largest absolute Gasteiger partial charge is 0.352 e. The van der Waals surface area contributed by atoms with Gasteiger partial charge in [0.15, 0.2) is 0 Å². The van der Waals surface area contributed by atoms with Gasteiger partial charge in [-0.25, -0.2) is 0 Å². The summed E-state index contributed by atoms with van der Waals surface area (Å²) >= 11 is 0. The Labute approximate surface area is 182 Å². The second-order valence-electron chi connectivity index (χ2n) is 10.5. The Morgan fingerprint density at radius 3 is 2.27 bits per heavy atom. The molecule has 0 radical (unpaired) electrons. The zero-order valence-electron chi connectivity index (χ0n) is 18.9. The standard InChI is InChI=1S/C24H42N4O2/c1-17(29)27-14-13-22(28(21-11-12-21)16-18-5-3-2-4-6-18)15-23(27)24(30)26-20-9-7-19(25)8-10-20/h18-23H,2-16,25H2,1H3,(H,26,30)/t19?,20?,22?,23-/m1/s1. The van der Waals surface area contributed by atoms with E-state index in [0.717, 1.165) is 44.4 Å². The lowest BCUT2D eigenvalue weighted by Crippen LogP contribution is -2.59. The fourth-order valence-corrected chi connectivity index (χ4v) is 6.10. The number of amides is 2. The highest BCUT2D eigenvalue weighted by atomic mass is 16.2. The van der Waals surface area contributed by atoms with Crippen molar-refractivity contribution in [1.29, 1.82) is 0 Å². The van der Waals surface area contributed by atoms with Crippen molar-refractivity contribution < 1.29 is 9.59 Å². The van der Waals surface area contributed by atoms with Crippen LogP contribution >= 0.6 is 0 Å². The third-order valence-corrected chi connectivity index (χ3v) is 8.08. The van der Waals surface area contributed by atoms with Crippen LogP contribution in [0.3, 0.4) is 0 Å². The molecule has 6 nitrogen and oxygen atoms in total. The smallest absolute Gasteiger partial charge is 0.243 e. The van der Waals surface area contributed by atoms with Crippen LogP contribution in [-0.4, -0.2) is 64.9 Å². The maximum absolute atomic E-state index is 13.3. The molecule has 30 heavy (non-hydrogen) atoms. The van der Waals surface area contributed by atoms with Crippen LogP contribution in [0, 0.1) is 5.92 Å². The Balaban J connectivity index is 1.40. The Morgan fingerprint density at radius 1 is 0.933 bits per heavy atom. The summed E-state index contributed by atoms with van der Waals surface area (Å²) < 4.78 is 0. The fraction of sp³-hybridized carbons (Fsp3) is 0.917. The van der Waals surface area contributed by atoms with Gasteiger partial charge in [0, 0.05) is 44.2 Å². The number of rotatable bonds is 6. The van der Waals surface area contributed by atoms with Gasteiger partial charge in [-0.2, -0.15) is 0 Å². The molecule has 0 spiro atoms. The Morgan fingerprint density at radius 2 is 1.63 bits per heavy atom. The molecule has 1 unspecified atom stereocenters. The van der Waals surface area contributed by atoms with Crippen molar-refractivity contribution in [1.82, 2.24) is 15.1 Å². The third-order valence-electron chi connectivity index (χ3n) is 8.08. The molecule has 3 N–H and O–H groups in total. The lowest BCUT2D eigenvalue weighted by molar-refractivity contribution is -0.142. The normalized spacial score (nSPS) is 33.5. The highest BCUT2D eigenvalue weighted by Gasteiger charge is 2.42. The number of piperidine rings is 1. The molecular weight excluding hydrogens is 376 g/mol. The predicted molar refractivity (Wildman–Crippen MR) is 119 cm³/mol. The fourth-order valence-electron chi connectivity index (χ4n) is 6.10. The minimum atomic E-state index is -0.315. The molecule has 2 atom stereocenters. The highest BCUT2D eigenvalue weighted by Crippen LogP contribution is 2.36. The molecule has 4 fully saturated rings. The van der Waals surface area contributed by atoms with Gasteiger partial charge in [-0.1, -0.05) is 19.3 Å².